The number of ketones is 2. The van der Waals surface area contributed by atoms with Crippen LogP contribution in [-0.4, -0.2) is 21.6 Å². The van der Waals surface area contributed by atoms with Crippen LogP contribution < -0.4 is 0 Å². The van der Waals surface area contributed by atoms with Crippen LogP contribution in [0.4, 0.5) is 5.88 Å². The predicted molar refractivity (Wildman–Crippen MR) is 79.7 cm³/mol. The second-order valence-electron chi connectivity index (χ2n) is 4.73. The van der Waals surface area contributed by atoms with Crippen LogP contribution in [0.1, 0.15) is 21.7 Å². The molecule has 0 saturated heterocycles. The second-order valence-corrected chi connectivity index (χ2v) is 4.73. The summed E-state index contributed by atoms with van der Waals surface area (Å²) < 4.78 is 4.87. The standard InChI is InChI=1S/C16H9NO6/c18-12(7-5-9-6-8-13(23-9)17(21)22)14-15(19)10-3-1-2-4-11(10)16(14)20/h1-8,19H/b7-5+. The summed E-state index contributed by atoms with van der Waals surface area (Å²) in [5, 5.41) is 20.6. The molecule has 23 heavy (non-hydrogen) atoms. The molecule has 1 aliphatic carbocycles. The van der Waals surface area contributed by atoms with Crippen molar-refractivity contribution in [2.24, 2.45) is 0 Å². The third kappa shape index (κ3) is 2.44. The van der Waals surface area contributed by atoms with Gasteiger partial charge in [0.05, 0.1) is 6.07 Å². The van der Waals surface area contributed by atoms with Crippen molar-refractivity contribution < 1.29 is 24.0 Å². The summed E-state index contributed by atoms with van der Waals surface area (Å²) in [7, 11) is 0. The van der Waals surface area contributed by atoms with Gasteiger partial charge in [-0.2, -0.15) is 0 Å². The van der Waals surface area contributed by atoms with E-state index >= 15 is 0 Å². The molecule has 1 aromatic heterocycles. The zero-order chi connectivity index (χ0) is 16.6. The molecule has 0 spiro atoms. The van der Waals surface area contributed by atoms with Crippen molar-refractivity contribution in [3.8, 4) is 0 Å². The number of carbonyl (C=O) groups is 2. The first-order valence-electron chi connectivity index (χ1n) is 6.53. The Morgan fingerprint density at radius 1 is 1.17 bits per heavy atom. The lowest BCUT2D eigenvalue weighted by Gasteiger charge is -1.95. The van der Waals surface area contributed by atoms with Crippen LogP contribution in [0, 0.1) is 10.1 Å². The van der Waals surface area contributed by atoms with Crippen LogP contribution in [0.5, 0.6) is 0 Å². The third-order valence-electron chi connectivity index (χ3n) is 3.33. The van der Waals surface area contributed by atoms with Crippen molar-refractivity contribution >= 4 is 29.3 Å². The molecule has 1 N–H and O–H groups in total. The predicted octanol–water partition coefficient (Wildman–Crippen LogP) is 2.94. The number of allylic oxidation sites excluding steroid dienone is 2. The quantitative estimate of drug-likeness (QED) is 0.402. The summed E-state index contributed by atoms with van der Waals surface area (Å²) in [5.74, 6) is -2.00. The number of nitro groups is 1. The van der Waals surface area contributed by atoms with Gasteiger partial charge in [0, 0.05) is 11.1 Å². The van der Waals surface area contributed by atoms with Gasteiger partial charge >= 0.3 is 5.88 Å². The van der Waals surface area contributed by atoms with E-state index < -0.39 is 22.4 Å². The van der Waals surface area contributed by atoms with Crippen LogP contribution in [0.2, 0.25) is 0 Å². The van der Waals surface area contributed by atoms with Gasteiger partial charge in [-0.05, 0) is 18.2 Å². The number of Topliss-reactive ketones (excluding diaryl/α,β-unsaturated/α-hetero) is 1. The number of aliphatic hydroxyl groups excluding tert-OH is 1. The maximum Gasteiger partial charge on any atom is 0.433 e. The number of hydrogen-bond donors (Lipinski definition) is 1. The van der Waals surface area contributed by atoms with Gasteiger partial charge in [-0.15, -0.1) is 0 Å². The molecule has 7 heteroatoms. The summed E-state index contributed by atoms with van der Waals surface area (Å²) in [6.07, 6.45) is 2.23. The van der Waals surface area contributed by atoms with Crippen molar-refractivity contribution in [1.29, 1.82) is 0 Å². The van der Waals surface area contributed by atoms with E-state index in [1.807, 2.05) is 0 Å². The minimum atomic E-state index is -0.706. The average Bonchev–Trinajstić information content (AvgIpc) is 3.10. The van der Waals surface area contributed by atoms with Gasteiger partial charge in [-0.25, -0.2) is 0 Å². The van der Waals surface area contributed by atoms with E-state index in [4.69, 9.17) is 4.42 Å². The van der Waals surface area contributed by atoms with E-state index in [1.165, 1.54) is 18.2 Å². The van der Waals surface area contributed by atoms with E-state index in [9.17, 15) is 24.8 Å². The fourth-order valence-corrected chi connectivity index (χ4v) is 2.26. The minimum Gasteiger partial charge on any atom is -0.506 e. The van der Waals surface area contributed by atoms with E-state index in [0.29, 0.717) is 5.56 Å². The molecular formula is C16H9NO6. The normalized spacial score (nSPS) is 13.7. The van der Waals surface area contributed by atoms with E-state index in [0.717, 1.165) is 12.1 Å². The Balaban J connectivity index is 1.87. The number of rotatable bonds is 4. The first-order valence-corrected chi connectivity index (χ1v) is 6.53. The highest BCUT2D eigenvalue weighted by Gasteiger charge is 2.32. The van der Waals surface area contributed by atoms with Crippen molar-refractivity contribution in [3.63, 3.8) is 0 Å². The van der Waals surface area contributed by atoms with Crippen molar-refractivity contribution in [2.75, 3.05) is 0 Å². The van der Waals surface area contributed by atoms with Gasteiger partial charge < -0.3 is 9.52 Å². The topological polar surface area (TPSA) is 111 Å². The lowest BCUT2D eigenvalue weighted by Crippen LogP contribution is -2.08. The number of hydrogen-bond acceptors (Lipinski definition) is 6. The molecule has 0 atom stereocenters. The maximum atomic E-state index is 12.2. The van der Waals surface area contributed by atoms with Gasteiger partial charge in [0.25, 0.3) is 0 Å². The maximum absolute atomic E-state index is 12.2. The third-order valence-corrected chi connectivity index (χ3v) is 3.33. The van der Waals surface area contributed by atoms with Crippen LogP contribution >= 0.6 is 0 Å². The Morgan fingerprint density at radius 3 is 2.48 bits per heavy atom. The Kier molecular flexibility index (Phi) is 3.38. The van der Waals surface area contributed by atoms with Crippen molar-refractivity contribution in [2.45, 2.75) is 0 Å². The molecule has 0 unspecified atom stereocenters. The highest BCUT2D eigenvalue weighted by Crippen LogP contribution is 2.31. The highest BCUT2D eigenvalue weighted by molar-refractivity contribution is 6.36. The Morgan fingerprint density at radius 2 is 1.87 bits per heavy atom. The molecule has 0 saturated carbocycles. The summed E-state index contributed by atoms with van der Waals surface area (Å²) in [6, 6.07) is 8.82. The SMILES string of the molecule is O=C(/C=C/c1ccc([N+](=O)[O-])o1)C1=C(O)c2ccccc2C1=O. The van der Waals surface area contributed by atoms with Gasteiger partial charge in [0.2, 0.25) is 5.78 Å². The van der Waals surface area contributed by atoms with E-state index in [-0.39, 0.29) is 22.7 Å². The molecule has 1 aliphatic rings. The zero-order valence-corrected chi connectivity index (χ0v) is 11.6. The fraction of sp³-hybridized carbons (Fsp3) is 0. The number of nitrogens with zero attached hydrogens (tertiary/aromatic N) is 1. The Bertz CT molecular complexity index is 903. The van der Waals surface area contributed by atoms with Gasteiger partial charge in [-0.1, -0.05) is 24.3 Å². The highest BCUT2D eigenvalue weighted by atomic mass is 16.6. The first-order chi connectivity index (χ1) is 11.0. The van der Waals surface area contributed by atoms with Crippen LogP contribution in [0.25, 0.3) is 11.8 Å². The molecular weight excluding hydrogens is 302 g/mol. The van der Waals surface area contributed by atoms with Crippen LogP contribution in [-0.2, 0) is 4.79 Å². The molecule has 3 rings (SSSR count). The fourth-order valence-electron chi connectivity index (χ4n) is 2.26. The molecule has 0 amide bonds. The van der Waals surface area contributed by atoms with Gasteiger partial charge in [0.15, 0.2) is 5.78 Å². The number of benzene rings is 1. The molecule has 1 aromatic carbocycles. The number of carbonyl (C=O) groups excluding carboxylic acids is 2. The molecule has 0 fully saturated rings. The summed E-state index contributed by atoms with van der Waals surface area (Å²) in [5.41, 5.74) is 0.238. The largest absolute Gasteiger partial charge is 0.506 e. The van der Waals surface area contributed by atoms with E-state index in [2.05, 4.69) is 0 Å². The monoisotopic (exact) mass is 311 g/mol. The summed E-state index contributed by atoms with van der Waals surface area (Å²) in [4.78, 5) is 34.1. The summed E-state index contributed by atoms with van der Waals surface area (Å²) >= 11 is 0. The number of aliphatic hydroxyl groups is 1. The minimum absolute atomic E-state index is 0.0908. The second kappa shape index (κ2) is 5.38. The molecule has 1 heterocycles. The van der Waals surface area contributed by atoms with E-state index in [1.54, 1.807) is 18.2 Å². The molecule has 114 valence electrons. The van der Waals surface area contributed by atoms with Crippen molar-refractivity contribution in [3.05, 3.63) is 75.0 Å². The molecule has 0 bridgehead atoms. The van der Waals surface area contributed by atoms with Crippen molar-refractivity contribution in [1.82, 2.24) is 0 Å². The molecule has 0 radical (unpaired) electrons. The number of fused-ring (bicyclic) bond motifs is 1. The lowest BCUT2D eigenvalue weighted by molar-refractivity contribution is -0.402. The lowest BCUT2D eigenvalue weighted by atomic mass is 10.1. The van der Waals surface area contributed by atoms with Crippen LogP contribution in [0.3, 0.4) is 0 Å². The first kappa shape index (κ1) is 14.5. The van der Waals surface area contributed by atoms with Crippen LogP contribution in [0.15, 0.2) is 52.5 Å². The smallest absolute Gasteiger partial charge is 0.433 e. The molecule has 7 nitrogen and oxygen atoms in total. The molecule has 0 aliphatic heterocycles. The van der Waals surface area contributed by atoms with Gasteiger partial charge in [0.1, 0.15) is 22.0 Å². The number of furan rings is 1. The molecule has 2 aromatic rings. The zero-order valence-electron chi connectivity index (χ0n) is 11.6. The summed E-state index contributed by atoms with van der Waals surface area (Å²) in [6.45, 7) is 0. The Hall–Kier alpha value is -3.48. The Labute approximate surface area is 129 Å². The average molecular weight is 311 g/mol. The van der Waals surface area contributed by atoms with Gasteiger partial charge in [-0.3, -0.25) is 19.7 Å².